The fourth-order valence-corrected chi connectivity index (χ4v) is 4.50. The minimum atomic E-state index is -0.752. The minimum Gasteiger partial charge on any atom is -0.449 e. The highest BCUT2D eigenvalue weighted by atomic mass is 79.9. The summed E-state index contributed by atoms with van der Waals surface area (Å²) in [6.07, 6.45) is 1.30. The summed E-state index contributed by atoms with van der Waals surface area (Å²) in [5.41, 5.74) is -0.288. The average Bonchev–Trinajstić information content (AvgIpc) is 3.07. The van der Waals surface area contributed by atoms with E-state index in [0.29, 0.717) is 14.6 Å². The molecule has 1 aliphatic rings. The zero-order valence-corrected chi connectivity index (χ0v) is 19.4. The van der Waals surface area contributed by atoms with Crippen molar-refractivity contribution in [1.29, 1.82) is 0 Å². The van der Waals surface area contributed by atoms with Crippen LogP contribution in [0.25, 0.3) is 6.08 Å². The van der Waals surface area contributed by atoms with Gasteiger partial charge in [-0.15, -0.1) is 0 Å². The molecule has 1 aromatic heterocycles. The maximum atomic E-state index is 14.2. The summed E-state index contributed by atoms with van der Waals surface area (Å²) in [4.78, 5) is 27.2. The van der Waals surface area contributed by atoms with E-state index < -0.39 is 17.6 Å². The Balaban J connectivity index is 1.65. The van der Waals surface area contributed by atoms with Gasteiger partial charge in [0.2, 0.25) is 0 Å². The SMILES string of the molecule is O=C1NC(=S)N(c2ccccc2F)C(=O)/C1=C/c1cc(Br)c(Sc2ccc(Cl)cc2)o1. The monoisotopic (exact) mass is 536 g/mol. The van der Waals surface area contributed by atoms with Gasteiger partial charge in [-0.2, -0.15) is 0 Å². The molecule has 2 aromatic carbocycles. The van der Waals surface area contributed by atoms with Crippen molar-refractivity contribution in [2.45, 2.75) is 9.99 Å². The van der Waals surface area contributed by atoms with E-state index in [1.807, 2.05) is 12.1 Å². The number of nitrogens with one attached hydrogen (secondary N) is 1. The van der Waals surface area contributed by atoms with Crippen molar-refractivity contribution in [3.8, 4) is 0 Å². The molecular formula is C21H11BrClFN2O3S2. The summed E-state index contributed by atoms with van der Waals surface area (Å²) in [6.45, 7) is 0. The Kier molecular flexibility index (Phi) is 6.29. The molecule has 0 spiro atoms. The Morgan fingerprint density at radius 1 is 1.16 bits per heavy atom. The predicted molar refractivity (Wildman–Crippen MR) is 125 cm³/mol. The lowest BCUT2D eigenvalue weighted by molar-refractivity contribution is -0.122. The van der Waals surface area contributed by atoms with Crippen LogP contribution in [0, 0.1) is 5.82 Å². The zero-order chi connectivity index (χ0) is 22.1. The number of benzene rings is 2. The fourth-order valence-electron chi connectivity index (χ4n) is 2.77. The van der Waals surface area contributed by atoms with Gasteiger partial charge in [0, 0.05) is 9.92 Å². The molecule has 1 fully saturated rings. The molecule has 31 heavy (non-hydrogen) atoms. The van der Waals surface area contributed by atoms with Crippen LogP contribution >= 0.6 is 51.5 Å². The van der Waals surface area contributed by atoms with E-state index in [2.05, 4.69) is 21.2 Å². The van der Waals surface area contributed by atoms with Gasteiger partial charge in [-0.25, -0.2) is 9.29 Å². The van der Waals surface area contributed by atoms with Crippen LogP contribution in [0.3, 0.4) is 0 Å². The first-order valence-electron chi connectivity index (χ1n) is 8.72. The average molecular weight is 538 g/mol. The number of furan rings is 1. The summed E-state index contributed by atoms with van der Waals surface area (Å²) in [7, 11) is 0. The van der Waals surface area contributed by atoms with Crippen molar-refractivity contribution in [2.24, 2.45) is 0 Å². The zero-order valence-electron chi connectivity index (χ0n) is 15.4. The number of amides is 2. The molecule has 5 nitrogen and oxygen atoms in total. The molecule has 0 aliphatic carbocycles. The number of carbonyl (C=O) groups is 2. The number of hydrogen-bond donors (Lipinski definition) is 1. The van der Waals surface area contributed by atoms with Crippen LogP contribution in [0.15, 0.2) is 79.0 Å². The molecule has 4 rings (SSSR count). The molecule has 1 N–H and O–H groups in total. The van der Waals surface area contributed by atoms with Gasteiger partial charge in [0.15, 0.2) is 10.2 Å². The number of halogens is 3. The second kappa shape index (κ2) is 8.96. The van der Waals surface area contributed by atoms with Crippen molar-refractivity contribution in [1.82, 2.24) is 5.32 Å². The molecular weight excluding hydrogens is 527 g/mol. The molecule has 0 bridgehead atoms. The Morgan fingerprint density at radius 3 is 2.58 bits per heavy atom. The molecule has 0 saturated carbocycles. The maximum Gasteiger partial charge on any atom is 0.270 e. The van der Waals surface area contributed by atoms with Crippen molar-refractivity contribution >= 4 is 80.2 Å². The third kappa shape index (κ3) is 4.59. The van der Waals surface area contributed by atoms with Crippen LogP contribution in [0.5, 0.6) is 0 Å². The first kappa shape index (κ1) is 21.8. The molecule has 1 aliphatic heterocycles. The van der Waals surface area contributed by atoms with Gasteiger partial charge in [0.1, 0.15) is 17.2 Å². The van der Waals surface area contributed by atoms with Crippen LogP contribution in [0.2, 0.25) is 5.02 Å². The molecule has 2 amide bonds. The fraction of sp³-hybridized carbons (Fsp3) is 0. The van der Waals surface area contributed by atoms with E-state index in [1.165, 1.54) is 36.0 Å². The van der Waals surface area contributed by atoms with E-state index in [9.17, 15) is 14.0 Å². The number of carbonyl (C=O) groups excluding carboxylic acids is 2. The molecule has 1 saturated heterocycles. The highest BCUT2D eigenvalue weighted by molar-refractivity contribution is 9.10. The number of thiocarbonyl (C=S) groups is 1. The summed E-state index contributed by atoms with van der Waals surface area (Å²) in [5.74, 6) is -1.82. The number of anilines is 1. The van der Waals surface area contributed by atoms with Crippen LogP contribution in [-0.2, 0) is 9.59 Å². The number of rotatable bonds is 4. The van der Waals surface area contributed by atoms with Crippen molar-refractivity contribution in [3.63, 3.8) is 0 Å². The number of hydrogen-bond acceptors (Lipinski definition) is 5. The third-order valence-electron chi connectivity index (χ3n) is 4.18. The smallest absolute Gasteiger partial charge is 0.270 e. The summed E-state index contributed by atoms with van der Waals surface area (Å²) in [6, 6.07) is 14.5. The second-order valence-electron chi connectivity index (χ2n) is 6.25. The molecule has 156 valence electrons. The van der Waals surface area contributed by atoms with Gasteiger partial charge < -0.3 is 4.42 Å². The topological polar surface area (TPSA) is 62.6 Å². The van der Waals surface area contributed by atoms with Crippen molar-refractivity contribution in [3.05, 3.63) is 81.2 Å². The summed E-state index contributed by atoms with van der Waals surface area (Å²) in [5, 5.41) is 3.36. The molecule has 0 atom stereocenters. The Bertz CT molecular complexity index is 1240. The number of para-hydroxylation sites is 1. The number of nitrogens with zero attached hydrogens (tertiary/aromatic N) is 1. The third-order valence-corrected chi connectivity index (χ3v) is 6.56. The molecule has 3 aromatic rings. The lowest BCUT2D eigenvalue weighted by Crippen LogP contribution is -2.54. The maximum absolute atomic E-state index is 14.2. The molecule has 2 heterocycles. The van der Waals surface area contributed by atoms with Crippen LogP contribution in [0.1, 0.15) is 5.76 Å². The van der Waals surface area contributed by atoms with Gasteiger partial charge >= 0.3 is 0 Å². The Hall–Kier alpha value is -2.46. The summed E-state index contributed by atoms with van der Waals surface area (Å²) >= 11 is 15.7. The first-order chi connectivity index (χ1) is 14.8. The largest absolute Gasteiger partial charge is 0.449 e. The Morgan fingerprint density at radius 2 is 1.87 bits per heavy atom. The quantitative estimate of drug-likeness (QED) is 0.258. The van der Waals surface area contributed by atoms with E-state index in [1.54, 1.807) is 24.3 Å². The van der Waals surface area contributed by atoms with E-state index >= 15 is 0 Å². The molecule has 0 radical (unpaired) electrons. The van der Waals surface area contributed by atoms with Gasteiger partial charge in [0.25, 0.3) is 11.8 Å². The van der Waals surface area contributed by atoms with Crippen LogP contribution < -0.4 is 10.2 Å². The first-order valence-corrected chi connectivity index (χ1v) is 11.1. The van der Waals surface area contributed by atoms with E-state index in [0.717, 1.165) is 9.80 Å². The highest BCUT2D eigenvalue weighted by Crippen LogP contribution is 2.37. The van der Waals surface area contributed by atoms with E-state index in [4.69, 9.17) is 28.2 Å². The van der Waals surface area contributed by atoms with Crippen molar-refractivity contribution in [2.75, 3.05) is 4.90 Å². The van der Waals surface area contributed by atoms with Crippen LogP contribution in [0.4, 0.5) is 10.1 Å². The van der Waals surface area contributed by atoms with Gasteiger partial charge in [-0.05, 0) is 76.7 Å². The van der Waals surface area contributed by atoms with Crippen molar-refractivity contribution < 1.29 is 18.4 Å². The van der Waals surface area contributed by atoms with Gasteiger partial charge in [0.05, 0.1) is 10.2 Å². The molecule has 0 unspecified atom stereocenters. The Labute approximate surface area is 199 Å². The highest BCUT2D eigenvalue weighted by Gasteiger charge is 2.36. The normalized spacial score (nSPS) is 15.5. The van der Waals surface area contributed by atoms with Gasteiger partial charge in [-0.1, -0.05) is 35.5 Å². The lowest BCUT2D eigenvalue weighted by atomic mass is 10.1. The summed E-state index contributed by atoms with van der Waals surface area (Å²) < 4.78 is 20.7. The van der Waals surface area contributed by atoms with E-state index in [-0.39, 0.29) is 22.1 Å². The second-order valence-corrected chi connectivity index (χ2v) is 8.97. The van der Waals surface area contributed by atoms with Crippen LogP contribution in [-0.4, -0.2) is 16.9 Å². The standard InChI is InChI=1S/C21H11BrClFN2O3S2/c22-15-10-12(29-20(15)31-13-7-5-11(23)6-8-13)9-14-18(27)25-21(30)26(19(14)28)17-4-2-1-3-16(17)24/h1-10H,(H,25,27,30)/b14-9+. The molecule has 10 heteroatoms. The predicted octanol–water partition coefficient (Wildman–Crippen LogP) is 5.82. The minimum absolute atomic E-state index is 0.0528. The lowest BCUT2D eigenvalue weighted by Gasteiger charge is -2.28. The van der Waals surface area contributed by atoms with Gasteiger partial charge in [-0.3, -0.25) is 14.9 Å².